The van der Waals surface area contributed by atoms with E-state index in [2.05, 4.69) is 10.1 Å². The summed E-state index contributed by atoms with van der Waals surface area (Å²) in [5, 5.41) is 4.58. The van der Waals surface area contributed by atoms with E-state index < -0.39 is 9.84 Å². The zero-order valence-electron chi connectivity index (χ0n) is 13.9. The number of benzene rings is 2. The lowest BCUT2D eigenvalue weighted by Crippen LogP contribution is -2.10. The predicted molar refractivity (Wildman–Crippen MR) is 94.8 cm³/mol. The van der Waals surface area contributed by atoms with Gasteiger partial charge in [-0.1, -0.05) is 42.5 Å². The average Bonchev–Trinajstić information content (AvgIpc) is 2.92. The summed E-state index contributed by atoms with van der Waals surface area (Å²) < 4.78 is 25.2. The molecule has 124 valence electrons. The number of hydrogen-bond acceptors (Lipinski definition) is 4. The fraction of sp³-hybridized carbons (Fsp3) is 0.222. The second kappa shape index (κ2) is 6.20. The van der Waals surface area contributed by atoms with Crippen molar-refractivity contribution >= 4 is 9.84 Å². The fourth-order valence-corrected chi connectivity index (χ4v) is 3.20. The van der Waals surface area contributed by atoms with Crippen LogP contribution in [0, 0.1) is 13.8 Å². The molecule has 3 rings (SSSR count). The SMILES string of the molecule is Cc1cccc(-n2nc(-c3ccccc3)nc2CS(C)(=O)=O)c1C. The van der Waals surface area contributed by atoms with Gasteiger partial charge in [-0.15, -0.1) is 5.10 Å². The zero-order chi connectivity index (χ0) is 17.3. The number of hydrogen-bond donors (Lipinski definition) is 0. The van der Waals surface area contributed by atoms with Gasteiger partial charge < -0.3 is 0 Å². The molecule has 6 heteroatoms. The molecule has 0 radical (unpaired) electrons. The molecule has 3 aromatic rings. The first-order chi connectivity index (χ1) is 11.3. The van der Waals surface area contributed by atoms with Gasteiger partial charge in [0, 0.05) is 11.8 Å². The van der Waals surface area contributed by atoms with Crippen molar-refractivity contribution in [1.29, 1.82) is 0 Å². The Labute approximate surface area is 141 Å². The summed E-state index contributed by atoms with van der Waals surface area (Å²) in [6.45, 7) is 4.02. The Morgan fingerprint density at radius 3 is 2.38 bits per heavy atom. The molecule has 0 saturated carbocycles. The zero-order valence-corrected chi connectivity index (χ0v) is 14.7. The molecule has 1 aromatic heterocycles. The van der Waals surface area contributed by atoms with Crippen LogP contribution in [0.4, 0.5) is 0 Å². The Morgan fingerprint density at radius 1 is 1.00 bits per heavy atom. The van der Waals surface area contributed by atoms with Gasteiger partial charge in [0.1, 0.15) is 11.6 Å². The minimum absolute atomic E-state index is 0.153. The smallest absolute Gasteiger partial charge is 0.181 e. The molecular weight excluding hydrogens is 322 g/mol. The Bertz CT molecular complexity index is 977. The Morgan fingerprint density at radius 2 is 1.71 bits per heavy atom. The van der Waals surface area contributed by atoms with Crippen molar-refractivity contribution in [2.75, 3.05) is 6.26 Å². The minimum Gasteiger partial charge on any atom is -0.229 e. The number of rotatable bonds is 4. The van der Waals surface area contributed by atoms with Gasteiger partial charge >= 0.3 is 0 Å². The summed E-state index contributed by atoms with van der Waals surface area (Å²) in [6.07, 6.45) is 1.21. The highest BCUT2D eigenvalue weighted by Gasteiger charge is 2.18. The predicted octanol–water partition coefficient (Wildman–Crippen LogP) is 3.10. The van der Waals surface area contributed by atoms with Gasteiger partial charge in [0.2, 0.25) is 0 Å². The van der Waals surface area contributed by atoms with Gasteiger partial charge in [-0.05, 0) is 31.0 Å². The number of nitrogens with zero attached hydrogens (tertiary/aromatic N) is 3. The normalized spacial score (nSPS) is 11.6. The fourth-order valence-electron chi connectivity index (χ4n) is 2.54. The molecule has 1 heterocycles. The molecule has 2 aromatic carbocycles. The highest BCUT2D eigenvalue weighted by molar-refractivity contribution is 7.89. The number of sulfone groups is 1. The average molecular weight is 341 g/mol. The maximum absolute atomic E-state index is 11.8. The third-order valence-electron chi connectivity index (χ3n) is 3.90. The van der Waals surface area contributed by atoms with E-state index in [-0.39, 0.29) is 5.75 Å². The van der Waals surface area contributed by atoms with Crippen LogP contribution in [0.15, 0.2) is 48.5 Å². The van der Waals surface area contributed by atoms with Gasteiger partial charge in [-0.3, -0.25) is 0 Å². The molecule has 0 bridgehead atoms. The van der Waals surface area contributed by atoms with Crippen LogP contribution >= 0.6 is 0 Å². The Kier molecular flexibility index (Phi) is 4.24. The van der Waals surface area contributed by atoms with E-state index in [0.717, 1.165) is 22.4 Å². The van der Waals surface area contributed by atoms with Crippen molar-refractivity contribution in [2.45, 2.75) is 19.6 Å². The number of aryl methyl sites for hydroxylation is 1. The van der Waals surface area contributed by atoms with E-state index in [9.17, 15) is 8.42 Å². The summed E-state index contributed by atoms with van der Waals surface area (Å²) in [4.78, 5) is 4.49. The molecule has 0 atom stereocenters. The maximum Gasteiger partial charge on any atom is 0.181 e. The molecule has 0 amide bonds. The Hall–Kier alpha value is -2.47. The maximum atomic E-state index is 11.8. The van der Waals surface area contributed by atoms with E-state index in [0.29, 0.717) is 11.6 Å². The molecule has 0 fully saturated rings. The molecule has 0 aliphatic heterocycles. The molecule has 0 spiro atoms. The third kappa shape index (κ3) is 3.38. The van der Waals surface area contributed by atoms with Crippen LogP contribution in [0.3, 0.4) is 0 Å². The van der Waals surface area contributed by atoms with Crippen molar-refractivity contribution in [3.8, 4) is 17.1 Å². The minimum atomic E-state index is -3.22. The Balaban J connectivity index is 2.20. The van der Waals surface area contributed by atoms with E-state index in [1.165, 1.54) is 6.26 Å². The molecule has 0 saturated heterocycles. The molecule has 0 unspecified atom stereocenters. The van der Waals surface area contributed by atoms with Crippen LogP contribution in [0.2, 0.25) is 0 Å². The topological polar surface area (TPSA) is 64.8 Å². The first-order valence-electron chi connectivity index (χ1n) is 7.61. The molecule has 0 aliphatic rings. The van der Waals surface area contributed by atoms with Crippen LogP contribution in [-0.4, -0.2) is 29.4 Å². The van der Waals surface area contributed by atoms with Crippen molar-refractivity contribution in [3.05, 3.63) is 65.5 Å². The van der Waals surface area contributed by atoms with E-state index in [1.54, 1.807) is 4.68 Å². The van der Waals surface area contributed by atoms with Crippen LogP contribution in [-0.2, 0) is 15.6 Å². The summed E-state index contributed by atoms with van der Waals surface area (Å²) in [5.41, 5.74) is 3.88. The number of aromatic nitrogens is 3. The molecule has 0 N–H and O–H groups in total. The van der Waals surface area contributed by atoms with Crippen molar-refractivity contribution < 1.29 is 8.42 Å². The van der Waals surface area contributed by atoms with Gasteiger partial charge in [0.05, 0.1) is 5.69 Å². The van der Waals surface area contributed by atoms with Crippen molar-refractivity contribution in [2.24, 2.45) is 0 Å². The van der Waals surface area contributed by atoms with Crippen molar-refractivity contribution in [1.82, 2.24) is 14.8 Å². The summed E-state index contributed by atoms with van der Waals surface area (Å²) >= 11 is 0. The second-order valence-corrected chi connectivity index (χ2v) is 8.06. The highest BCUT2D eigenvalue weighted by Crippen LogP contribution is 2.22. The van der Waals surface area contributed by atoms with Crippen molar-refractivity contribution in [3.63, 3.8) is 0 Å². The molecule has 5 nitrogen and oxygen atoms in total. The van der Waals surface area contributed by atoms with Gasteiger partial charge in [-0.2, -0.15) is 0 Å². The summed E-state index contributed by atoms with van der Waals surface area (Å²) in [7, 11) is -3.22. The standard InChI is InChI=1S/C18H19N3O2S/c1-13-8-7-11-16(14(13)2)21-17(12-24(3,22)23)19-18(20-21)15-9-5-4-6-10-15/h4-11H,12H2,1-3H3. The van der Waals surface area contributed by atoms with Gasteiger partial charge in [-0.25, -0.2) is 18.1 Å². The third-order valence-corrected chi connectivity index (χ3v) is 4.68. The monoisotopic (exact) mass is 341 g/mol. The lowest BCUT2D eigenvalue weighted by Gasteiger charge is -2.10. The quantitative estimate of drug-likeness (QED) is 0.731. The van der Waals surface area contributed by atoms with Gasteiger partial charge in [0.15, 0.2) is 15.7 Å². The molecule has 0 aliphatic carbocycles. The van der Waals surface area contributed by atoms with Crippen LogP contribution < -0.4 is 0 Å². The highest BCUT2D eigenvalue weighted by atomic mass is 32.2. The molecule has 24 heavy (non-hydrogen) atoms. The summed E-state index contributed by atoms with van der Waals surface area (Å²) in [5.74, 6) is 0.792. The lowest BCUT2D eigenvalue weighted by molar-refractivity contribution is 0.598. The van der Waals surface area contributed by atoms with Crippen LogP contribution in [0.1, 0.15) is 17.0 Å². The van der Waals surface area contributed by atoms with E-state index in [4.69, 9.17) is 0 Å². The largest absolute Gasteiger partial charge is 0.229 e. The van der Waals surface area contributed by atoms with Gasteiger partial charge in [0.25, 0.3) is 0 Å². The van der Waals surface area contributed by atoms with Crippen LogP contribution in [0.25, 0.3) is 17.1 Å². The second-order valence-electron chi connectivity index (χ2n) is 5.92. The van der Waals surface area contributed by atoms with E-state index >= 15 is 0 Å². The first-order valence-corrected chi connectivity index (χ1v) is 9.67. The summed E-state index contributed by atoms with van der Waals surface area (Å²) in [6, 6.07) is 15.4. The lowest BCUT2D eigenvalue weighted by atomic mass is 10.1. The first kappa shape index (κ1) is 16.4. The molecular formula is C18H19N3O2S. The van der Waals surface area contributed by atoms with E-state index in [1.807, 2.05) is 62.4 Å². The van der Waals surface area contributed by atoms with Crippen LogP contribution in [0.5, 0.6) is 0 Å².